The van der Waals surface area contributed by atoms with Gasteiger partial charge in [-0.1, -0.05) is 30.3 Å². The summed E-state index contributed by atoms with van der Waals surface area (Å²) in [4.78, 5) is 11.9. The fourth-order valence-electron chi connectivity index (χ4n) is 1.79. The van der Waals surface area contributed by atoms with Crippen molar-refractivity contribution in [3.63, 3.8) is 0 Å². The van der Waals surface area contributed by atoms with Gasteiger partial charge in [-0.15, -0.1) is 0 Å². The number of hydrogen-bond acceptors (Lipinski definition) is 4. The van der Waals surface area contributed by atoms with Gasteiger partial charge >= 0.3 is 0 Å². The lowest BCUT2D eigenvalue weighted by atomic mass is 10.1. The molecule has 1 amide bonds. The molecule has 1 saturated heterocycles. The Morgan fingerprint density at radius 2 is 2.17 bits per heavy atom. The van der Waals surface area contributed by atoms with E-state index in [1.807, 2.05) is 30.3 Å². The normalized spacial score (nSPS) is 21.3. The van der Waals surface area contributed by atoms with E-state index in [2.05, 4.69) is 5.32 Å². The standard InChI is InChI=1S/C13H18N2O3/c14-12(10-4-2-1-3-5-10)13(16)15-8-11-9-17-6-7-18-11/h1-5,11-12H,6-9,14H2,(H,15,16). The summed E-state index contributed by atoms with van der Waals surface area (Å²) in [6.45, 7) is 2.14. The molecule has 5 heteroatoms. The van der Waals surface area contributed by atoms with Crippen LogP contribution < -0.4 is 11.1 Å². The molecule has 5 nitrogen and oxygen atoms in total. The van der Waals surface area contributed by atoms with Crippen LogP contribution in [0.3, 0.4) is 0 Å². The Kier molecular flexibility index (Phi) is 4.69. The van der Waals surface area contributed by atoms with Gasteiger partial charge in [0, 0.05) is 6.54 Å². The number of rotatable bonds is 4. The minimum absolute atomic E-state index is 0.0781. The van der Waals surface area contributed by atoms with Gasteiger partial charge in [-0.25, -0.2) is 0 Å². The third-order valence-electron chi connectivity index (χ3n) is 2.83. The van der Waals surface area contributed by atoms with Crippen LogP contribution in [0.25, 0.3) is 0 Å². The summed E-state index contributed by atoms with van der Waals surface area (Å²) >= 11 is 0. The summed E-state index contributed by atoms with van der Waals surface area (Å²) in [5.41, 5.74) is 6.67. The highest BCUT2D eigenvalue weighted by Gasteiger charge is 2.19. The smallest absolute Gasteiger partial charge is 0.241 e. The van der Waals surface area contributed by atoms with Crippen LogP contribution in [0.2, 0.25) is 0 Å². The van der Waals surface area contributed by atoms with E-state index in [0.29, 0.717) is 26.4 Å². The predicted molar refractivity (Wildman–Crippen MR) is 66.9 cm³/mol. The van der Waals surface area contributed by atoms with Crippen LogP contribution in [0.5, 0.6) is 0 Å². The number of nitrogens with one attached hydrogen (secondary N) is 1. The lowest BCUT2D eigenvalue weighted by Gasteiger charge is -2.23. The maximum absolute atomic E-state index is 11.9. The van der Waals surface area contributed by atoms with Gasteiger partial charge in [-0.3, -0.25) is 4.79 Å². The molecular formula is C13H18N2O3. The van der Waals surface area contributed by atoms with Crippen molar-refractivity contribution in [1.82, 2.24) is 5.32 Å². The minimum atomic E-state index is -0.643. The van der Waals surface area contributed by atoms with Gasteiger partial charge in [0.15, 0.2) is 0 Å². The first-order valence-corrected chi connectivity index (χ1v) is 6.05. The van der Waals surface area contributed by atoms with Crippen LogP contribution in [0.4, 0.5) is 0 Å². The summed E-state index contributed by atoms with van der Waals surface area (Å²) in [6, 6.07) is 8.65. The van der Waals surface area contributed by atoms with Crippen LogP contribution in [-0.2, 0) is 14.3 Å². The SMILES string of the molecule is NC(C(=O)NCC1COCCO1)c1ccccc1. The van der Waals surface area contributed by atoms with E-state index in [9.17, 15) is 4.79 Å². The highest BCUT2D eigenvalue weighted by molar-refractivity contribution is 5.82. The minimum Gasteiger partial charge on any atom is -0.376 e. The molecule has 0 spiro atoms. The van der Waals surface area contributed by atoms with Crippen molar-refractivity contribution in [2.45, 2.75) is 12.1 Å². The topological polar surface area (TPSA) is 73.6 Å². The summed E-state index contributed by atoms with van der Waals surface area (Å²) in [5, 5.41) is 2.78. The van der Waals surface area contributed by atoms with Crippen molar-refractivity contribution < 1.29 is 14.3 Å². The largest absolute Gasteiger partial charge is 0.376 e. The second-order valence-corrected chi connectivity index (χ2v) is 4.20. The highest BCUT2D eigenvalue weighted by atomic mass is 16.6. The number of amides is 1. The van der Waals surface area contributed by atoms with Crippen LogP contribution in [0.15, 0.2) is 30.3 Å². The average Bonchev–Trinajstić information content (AvgIpc) is 2.46. The van der Waals surface area contributed by atoms with E-state index in [1.165, 1.54) is 0 Å². The first-order valence-electron chi connectivity index (χ1n) is 6.05. The van der Waals surface area contributed by atoms with E-state index >= 15 is 0 Å². The molecule has 0 radical (unpaired) electrons. The van der Waals surface area contributed by atoms with Crippen molar-refractivity contribution in [2.24, 2.45) is 5.73 Å². The lowest BCUT2D eigenvalue weighted by Crippen LogP contribution is -2.42. The third-order valence-corrected chi connectivity index (χ3v) is 2.83. The van der Waals surface area contributed by atoms with Gasteiger partial charge < -0.3 is 20.5 Å². The second-order valence-electron chi connectivity index (χ2n) is 4.20. The van der Waals surface area contributed by atoms with Gasteiger partial charge in [-0.2, -0.15) is 0 Å². The molecule has 1 aromatic rings. The molecule has 2 rings (SSSR count). The first-order chi connectivity index (χ1) is 8.77. The average molecular weight is 250 g/mol. The molecule has 1 aromatic carbocycles. The zero-order chi connectivity index (χ0) is 12.8. The van der Waals surface area contributed by atoms with Gasteiger partial charge in [-0.05, 0) is 5.56 Å². The molecule has 2 unspecified atom stereocenters. The summed E-state index contributed by atoms with van der Waals surface area (Å²) < 4.78 is 10.7. The maximum atomic E-state index is 11.9. The van der Waals surface area contributed by atoms with Gasteiger partial charge in [0.1, 0.15) is 6.04 Å². The van der Waals surface area contributed by atoms with Crippen molar-refractivity contribution in [3.05, 3.63) is 35.9 Å². The molecule has 1 aliphatic heterocycles. The van der Waals surface area contributed by atoms with Crippen molar-refractivity contribution in [1.29, 1.82) is 0 Å². The first kappa shape index (κ1) is 13.0. The molecule has 98 valence electrons. The van der Waals surface area contributed by atoms with E-state index < -0.39 is 6.04 Å². The Balaban J connectivity index is 1.80. The van der Waals surface area contributed by atoms with Gasteiger partial charge in [0.05, 0.1) is 25.9 Å². The zero-order valence-electron chi connectivity index (χ0n) is 10.2. The van der Waals surface area contributed by atoms with Crippen LogP contribution in [-0.4, -0.2) is 38.4 Å². The van der Waals surface area contributed by atoms with Gasteiger partial charge in [0.25, 0.3) is 0 Å². The van der Waals surface area contributed by atoms with Crippen LogP contribution in [0.1, 0.15) is 11.6 Å². The molecule has 18 heavy (non-hydrogen) atoms. The number of ether oxygens (including phenoxy) is 2. The highest BCUT2D eigenvalue weighted by Crippen LogP contribution is 2.09. The molecule has 0 aliphatic carbocycles. The molecule has 0 aromatic heterocycles. The van der Waals surface area contributed by atoms with Crippen LogP contribution >= 0.6 is 0 Å². The number of carbonyl (C=O) groups excluding carboxylic acids is 1. The Morgan fingerprint density at radius 1 is 1.39 bits per heavy atom. The molecule has 1 fully saturated rings. The quantitative estimate of drug-likeness (QED) is 0.801. The molecule has 2 atom stereocenters. The van der Waals surface area contributed by atoms with E-state index in [4.69, 9.17) is 15.2 Å². The molecule has 3 N–H and O–H groups in total. The third kappa shape index (κ3) is 3.53. The number of hydrogen-bond donors (Lipinski definition) is 2. The van der Waals surface area contributed by atoms with Crippen molar-refractivity contribution >= 4 is 5.91 Å². The van der Waals surface area contributed by atoms with Gasteiger partial charge in [0.2, 0.25) is 5.91 Å². The van der Waals surface area contributed by atoms with Crippen molar-refractivity contribution in [3.8, 4) is 0 Å². The fraction of sp³-hybridized carbons (Fsp3) is 0.462. The number of nitrogens with two attached hydrogens (primary N) is 1. The predicted octanol–water partition coefficient (Wildman–Crippen LogP) is 0.218. The summed E-state index contributed by atoms with van der Waals surface area (Å²) in [5.74, 6) is -0.199. The monoisotopic (exact) mass is 250 g/mol. The molecular weight excluding hydrogens is 232 g/mol. The molecule has 0 bridgehead atoms. The Labute approximate surface area is 106 Å². The maximum Gasteiger partial charge on any atom is 0.241 e. The van der Waals surface area contributed by atoms with E-state index in [0.717, 1.165) is 5.56 Å². The Morgan fingerprint density at radius 3 is 2.83 bits per heavy atom. The van der Waals surface area contributed by atoms with E-state index in [-0.39, 0.29) is 12.0 Å². The Bertz CT molecular complexity index is 377. The second kappa shape index (κ2) is 6.49. The lowest BCUT2D eigenvalue weighted by molar-refractivity contribution is -0.125. The summed E-state index contributed by atoms with van der Waals surface area (Å²) in [7, 11) is 0. The number of carbonyl (C=O) groups is 1. The van der Waals surface area contributed by atoms with Crippen molar-refractivity contribution in [2.75, 3.05) is 26.4 Å². The molecule has 1 aliphatic rings. The summed E-state index contributed by atoms with van der Waals surface area (Å²) in [6.07, 6.45) is -0.0781. The fourth-order valence-corrected chi connectivity index (χ4v) is 1.79. The molecule has 0 saturated carbocycles. The molecule has 1 heterocycles. The Hall–Kier alpha value is -1.43. The zero-order valence-corrected chi connectivity index (χ0v) is 10.2. The van der Waals surface area contributed by atoms with Crippen LogP contribution in [0, 0.1) is 0 Å². The van der Waals surface area contributed by atoms with E-state index in [1.54, 1.807) is 0 Å². The number of benzene rings is 1.